The van der Waals surface area contributed by atoms with Gasteiger partial charge in [-0.25, -0.2) is 0 Å². The van der Waals surface area contributed by atoms with Gasteiger partial charge >= 0.3 is 33.8 Å². The van der Waals surface area contributed by atoms with Crippen LogP contribution in [0.3, 0.4) is 0 Å². The van der Waals surface area contributed by atoms with Crippen LogP contribution in [0, 0.1) is 0 Å². The maximum absolute atomic E-state index is 12.3. The minimum Gasteiger partial charge on any atom is -0.268 e. The second-order valence-corrected chi connectivity index (χ2v) is 10.4. The van der Waals surface area contributed by atoms with Crippen molar-refractivity contribution >= 4 is 42.0 Å². The topological polar surface area (TPSA) is 130 Å². The number of halogens is 1. The molecule has 9 nitrogen and oxygen atoms in total. The molecule has 0 fully saturated rings. The molecule has 0 atom stereocenters. The third-order valence-electron chi connectivity index (χ3n) is 2.36. The predicted octanol–water partition coefficient (Wildman–Crippen LogP) is 0.368. The molecule has 0 radical (unpaired) electrons. The Bertz CT molecular complexity index is 562. The molecule has 22 heavy (non-hydrogen) atoms. The third-order valence-corrected chi connectivity index (χ3v) is 10.8. The molecule has 0 aromatic heterocycles. The predicted molar refractivity (Wildman–Crippen MR) is 79.7 cm³/mol. The molecule has 0 saturated heterocycles. The van der Waals surface area contributed by atoms with E-state index < -0.39 is 65.9 Å². The molecule has 0 aromatic carbocycles. The number of hydrogen-bond donors (Lipinski definition) is 0. The van der Waals surface area contributed by atoms with Crippen molar-refractivity contribution < 1.29 is 37.8 Å². The maximum atomic E-state index is 12.3. The van der Waals surface area contributed by atoms with Crippen molar-refractivity contribution in [3.05, 3.63) is 0 Å². The van der Waals surface area contributed by atoms with Crippen LogP contribution in [0.5, 0.6) is 0 Å². The molecule has 0 N–H and O–H groups in total. The van der Waals surface area contributed by atoms with E-state index in [0.717, 1.165) is 0 Å². The van der Waals surface area contributed by atoms with Crippen molar-refractivity contribution in [3.8, 4) is 0 Å². The van der Waals surface area contributed by atoms with Gasteiger partial charge in [-0.15, -0.1) is 11.6 Å². The van der Waals surface area contributed by atoms with Crippen LogP contribution >= 0.6 is 11.6 Å². The quantitative estimate of drug-likeness (QED) is 0.355. The Hall–Kier alpha value is 0.0200. The molecule has 0 heterocycles. The van der Waals surface area contributed by atoms with E-state index >= 15 is 0 Å². The molecule has 0 aromatic rings. The first kappa shape index (κ1) is 22.0. The van der Waals surface area contributed by atoms with Gasteiger partial charge in [-0.05, 0) is 20.8 Å². The minimum atomic E-state index is -5.17. The smallest absolute Gasteiger partial charge is 0.268 e. The Morgan fingerprint density at radius 2 is 1.00 bits per heavy atom. The van der Waals surface area contributed by atoms with E-state index in [9.17, 15) is 25.3 Å². The van der Waals surface area contributed by atoms with Crippen LogP contribution in [0.25, 0.3) is 0 Å². The monoisotopic (exact) mass is 402 g/mol. The Kier molecular flexibility index (Phi) is 8.22. The van der Waals surface area contributed by atoms with E-state index in [1.54, 1.807) is 0 Å². The van der Waals surface area contributed by atoms with Crippen LogP contribution in [-0.4, -0.2) is 54.4 Å². The number of rotatable bonds is 11. The van der Waals surface area contributed by atoms with Gasteiger partial charge < -0.3 is 0 Å². The highest BCUT2D eigenvalue weighted by atomic mass is 35.5. The van der Waals surface area contributed by atoms with Crippen molar-refractivity contribution in [2.24, 2.45) is 0 Å². The summed E-state index contributed by atoms with van der Waals surface area (Å²) in [7, 11) is -15.5. The highest BCUT2D eigenvalue weighted by Gasteiger charge is 2.67. The second-order valence-electron chi connectivity index (χ2n) is 3.70. The van der Waals surface area contributed by atoms with Gasteiger partial charge in [0, 0.05) is 12.3 Å². The van der Waals surface area contributed by atoms with Gasteiger partial charge in [0.2, 0.25) is 0 Å². The molecular formula is C9H19ClO9S3. The molecular weight excluding hydrogens is 384 g/mol. The van der Waals surface area contributed by atoms with Gasteiger partial charge in [-0.3, -0.25) is 12.5 Å². The molecule has 0 aliphatic heterocycles. The fourth-order valence-corrected chi connectivity index (χ4v) is 8.61. The van der Waals surface area contributed by atoms with Crippen molar-refractivity contribution in [3.63, 3.8) is 0 Å². The normalized spacial score (nSPS) is 14.2. The minimum absolute atomic E-state index is 0.477. The van der Waals surface area contributed by atoms with E-state index in [2.05, 4.69) is 12.5 Å². The molecule has 13 heteroatoms. The van der Waals surface area contributed by atoms with Gasteiger partial charge in [0.15, 0.2) is 0 Å². The summed E-state index contributed by atoms with van der Waals surface area (Å²) in [6, 6.07) is 0. The SMILES string of the molecule is CCOS(=O)(=O)C(CCCl)(S(=O)(=O)OCC)S(=O)(=O)OCC. The average Bonchev–Trinajstić information content (AvgIpc) is 2.34. The zero-order valence-corrected chi connectivity index (χ0v) is 15.5. The first-order valence-corrected chi connectivity index (χ1v) is 11.0. The molecule has 0 aliphatic rings. The second kappa shape index (κ2) is 8.22. The molecule has 0 rings (SSSR count). The molecule has 0 unspecified atom stereocenters. The van der Waals surface area contributed by atoms with Crippen molar-refractivity contribution in [1.29, 1.82) is 0 Å². The summed E-state index contributed by atoms with van der Waals surface area (Å²) in [5, 5.41) is 0. The first-order valence-electron chi connectivity index (χ1n) is 6.22. The summed E-state index contributed by atoms with van der Waals surface area (Å²) in [6.07, 6.45) is -1.01. The van der Waals surface area contributed by atoms with Crippen LogP contribution < -0.4 is 0 Å². The van der Waals surface area contributed by atoms with Crippen LogP contribution in [0.1, 0.15) is 27.2 Å². The Balaban J connectivity index is 6.75. The highest BCUT2D eigenvalue weighted by Crippen LogP contribution is 2.38. The Morgan fingerprint density at radius 1 is 0.727 bits per heavy atom. The van der Waals surface area contributed by atoms with E-state index in [-0.39, 0.29) is 0 Å². The lowest BCUT2D eigenvalue weighted by atomic mass is 10.6. The molecule has 0 spiro atoms. The zero-order chi connectivity index (χ0) is 17.7. The van der Waals surface area contributed by atoms with Crippen LogP contribution in [0.2, 0.25) is 0 Å². The zero-order valence-electron chi connectivity index (χ0n) is 12.3. The Labute approximate surface area is 136 Å². The first-order chi connectivity index (χ1) is 9.99. The lowest BCUT2D eigenvalue weighted by Gasteiger charge is -2.29. The summed E-state index contributed by atoms with van der Waals surface area (Å²) < 4.78 is 83.5. The van der Waals surface area contributed by atoms with Gasteiger partial charge in [-0.2, -0.15) is 25.3 Å². The van der Waals surface area contributed by atoms with E-state index in [4.69, 9.17) is 11.6 Å². The molecule has 0 bridgehead atoms. The van der Waals surface area contributed by atoms with Crippen molar-refractivity contribution in [1.82, 2.24) is 0 Å². The van der Waals surface area contributed by atoms with Crippen LogP contribution in [0.4, 0.5) is 0 Å². The lowest BCUT2D eigenvalue weighted by Crippen LogP contribution is -2.55. The Morgan fingerprint density at radius 3 is 1.18 bits per heavy atom. The summed E-state index contributed by atoms with van der Waals surface area (Å²) in [5.74, 6) is -0.606. The fourth-order valence-electron chi connectivity index (χ4n) is 1.60. The summed E-state index contributed by atoms with van der Waals surface area (Å²) in [6.45, 7) is 2.33. The maximum Gasteiger partial charge on any atom is 0.347 e. The average molecular weight is 403 g/mol. The van der Waals surface area contributed by atoms with E-state index in [1.165, 1.54) is 20.8 Å². The largest absolute Gasteiger partial charge is 0.347 e. The summed E-state index contributed by atoms with van der Waals surface area (Å²) in [4.78, 5) is 0. The van der Waals surface area contributed by atoms with Crippen LogP contribution in [0.15, 0.2) is 0 Å². The number of alkyl halides is 1. The van der Waals surface area contributed by atoms with Crippen LogP contribution in [-0.2, 0) is 42.9 Å². The molecule has 0 amide bonds. The third kappa shape index (κ3) is 3.91. The van der Waals surface area contributed by atoms with E-state index in [0.29, 0.717) is 0 Å². The van der Waals surface area contributed by atoms with Crippen molar-refractivity contribution in [2.45, 2.75) is 30.6 Å². The van der Waals surface area contributed by atoms with Crippen molar-refractivity contribution in [2.75, 3.05) is 25.7 Å². The lowest BCUT2D eigenvalue weighted by molar-refractivity contribution is 0.297. The molecule has 0 saturated carbocycles. The summed E-state index contributed by atoms with van der Waals surface area (Å²) >= 11 is 5.44. The number of hydrogen-bond acceptors (Lipinski definition) is 9. The summed E-state index contributed by atoms with van der Waals surface area (Å²) in [5.41, 5.74) is 0. The fraction of sp³-hybridized carbons (Fsp3) is 1.00. The van der Waals surface area contributed by atoms with Gasteiger partial charge in [0.25, 0.3) is 0 Å². The van der Waals surface area contributed by atoms with Gasteiger partial charge in [-0.1, -0.05) is 0 Å². The van der Waals surface area contributed by atoms with E-state index in [1.807, 2.05) is 0 Å². The standard InChI is InChI=1S/C9H19ClO9S3/c1-4-17-20(11,12)9(7-8-10,21(13,14)18-5-2)22(15,16)19-6-3/h4-8H2,1-3H3. The molecule has 134 valence electrons. The van der Waals surface area contributed by atoms with Gasteiger partial charge in [0.1, 0.15) is 0 Å². The molecule has 0 aliphatic carbocycles. The highest BCUT2D eigenvalue weighted by molar-refractivity contribution is 8.21. The van der Waals surface area contributed by atoms with Gasteiger partial charge in [0.05, 0.1) is 19.8 Å².